The first-order valence-corrected chi connectivity index (χ1v) is 5.89. The summed E-state index contributed by atoms with van der Waals surface area (Å²) in [6, 6.07) is 9.59. The number of aliphatic carboxylic acids is 1. The quantitative estimate of drug-likeness (QED) is 0.912. The van der Waals surface area contributed by atoms with Crippen molar-refractivity contribution in [3.63, 3.8) is 0 Å². The molecule has 0 bridgehead atoms. The lowest BCUT2D eigenvalue weighted by Gasteiger charge is -2.10. The highest BCUT2D eigenvalue weighted by atomic mass is 16.4. The number of carbonyl (C=O) groups is 1. The monoisotopic (exact) mass is 258 g/mol. The maximum Gasteiger partial charge on any atom is 0.328 e. The van der Waals surface area contributed by atoms with Gasteiger partial charge in [-0.15, -0.1) is 0 Å². The van der Waals surface area contributed by atoms with E-state index in [-0.39, 0.29) is 0 Å². The van der Waals surface area contributed by atoms with E-state index in [1.54, 1.807) is 6.07 Å². The van der Waals surface area contributed by atoms with Crippen LogP contribution in [0.25, 0.3) is 11.3 Å². The van der Waals surface area contributed by atoms with E-state index in [9.17, 15) is 9.59 Å². The van der Waals surface area contributed by atoms with Gasteiger partial charge >= 0.3 is 5.97 Å². The van der Waals surface area contributed by atoms with Crippen LogP contribution in [0.4, 0.5) is 0 Å². The highest BCUT2D eigenvalue weighted by Crippen LogP contribution is 2.16. The molecule has 5 nitrogen and oxygen atoms in total. The molecule has 0 aliphatic heterocycles. The third-order valence-corrected chi connectivity index (χ3v) is 2.90. The van der Waals surface area contributed by atoms with Gasteiger partial charge in [-0.3, -0.25) is 4.79 Å². The van der Waals surface area contributed by atoms with E-state index in [1.165, 1.54) is 13.0 Å². The van der Waals surface area contributed by atoms with E-state index in [2.05, 4.69) is 5.10 Å². The third-order valence-electron chi connectivity index (χ3n) is 2.90. The van der Waals surface area contributed by atoms with Crippen LogP contribution >= 0.6 is 0 Å². The molecule has 1 aromatic heterocycles. The van der Waals surface area contributed by atoms with Gasteiger partial charge in [0.1, 0.15) is 0 Å². The van der Waals surface area contributed by atoms with Crippen LogP contribution in [0.2, 0.25) is 0 Å². The van der Waals surface area contributed by atoms with Gasteiger partial charge in [-0.25, -0.2) is 9.48 Å². The molecule has 0 radical (unpaired) electrons. The van der Waals surface area contributed by atoms with Gasteiger partial charge in [0.05, 0.1) is 5.69 Å². The number of benzene rings is 1. The number of aromatic nitrogens is 2. The fourth-order valence-electron chi connectivity index (χ4n) is 1.69. The van der Waals surface area contributed by atoms with Gasteiger partial charge in [-0.2, -0.15) is 5.10 Å². The molecule has 2 rings (SSSR count). The summed E-state index contributed by atoms with van der Waals surface area (Å²) in [5.41, 5.74) is 2.12. The Hall–Kier alpha value is -2.43. The molecule has 0 saturated heterocycles. The van der Waals surface area contributed by atoms with Crippen LogP contribution in [0.15, 0.2) is 41.2 Å². The van der Waals surface area contributed by atoms with Crippen molar-refractivity contribution in [2.75, 3.05) is 0 Å². The zero-order valence-corrected chi connectivity index (χ0v) is 10.7. The molecule has 2 aromatic rings. The van der Waals surface area contributed by atoms with Crippen molar-refractivity contribution in [2.24, 2.45) is 0 Å². The average molecular weight is 258 g/mol. The Labute approximate surface area is 110 Å². The van der Waals surface area contributed by atoms with Crippen molar-refractivity contribution in [2.45, 2.75) is 19.9 Å². The smallest absolute Gasteiger partial charge is 0.328 e. The maximum absolute atomic E-state index is 11.6. The summed E-state index contributed by atoms with van der Waals surface area (Å²) in [6.07, 6.45) is 0. The highest BCUT2D eigenvalue weighted by molar-refractivity contribution is 5.71. The number of aryl methyl sites for hydroxylation is 1. The van der Waals surface area contributed by atoms with E-state index >= 15 is 0 Å². The Morgan fingerprint density at radius 1 is 1.21 bits per heavy atom. The highest BCUT2D eigenvalue weighted by Gasteiger charge is 2.16. The molecule has 0 aliphatic carbocycles. The Bertz CT molecular complexity index is 659. The SMILES string of the molecule is Cc1ccc(-c2ccc(=O)n([C@H](C)C(=O)O)n2)cc1. The summed E-state index contributed by atoms with van der Waals surface area (Å²) in [5, 5.41) is 13.1. The zero-order chi connectivity index (χ0) is 14.0. The Morgan fingerprint density at radius 3 is 2.42 bits per heavy atom. The maximum atomic E-state index is 11.6. The second-order valence-corrected chi connectivity index (χ2v) is 4.38. The molecule has 0 amide bonds. The summed E-state index contributed by atoms with van der Waals surface area (Å²) in [5.74, 6) is -1.09. The molecule has 1 atom stereocenters. The molecule has 0 unspecified atom stereocenters. The van der Waals surface area contributed by atoms with Gasteiger partial charge in [0.15, 0.2) is 6.04 Å². The van der Waals surface area contributed by atoms with Crippen LogP contribution in [0.5, 0.6) is 0 Å². The first-order valence-electron chi connectivity index (χ1n) is 5.89. The second-order valence-electron chi connectivity index (χ2n) is 4.38. The molecule has 0 spiro atoms. The molecule has 1 N–H and O–H groups in total. The fraction of sp³-hybridized carbons (Fsp3) is 0.214. The summed E-state index contributed by atoms with van der Waals surface area (Å²) >= 11 is 0. The van der Waals surface area contributed by atoms with Gasteiger partial charge in [0.2, 0.25) is 0 Å². The number of nitrogens with zero attached hydrogens (tertiary/aromatic N) is 2. The number of carboxylic acids is 1. The molecule has 1 aromatic carbocycles. The number of rotatable bonds is 3. The van der Waals surface area contributed by atoms with E-state index in [0.29, 0.717) is 5.69 Å². The fourth-order valence-corrected chi connectivity index (χ4v) is 1.69. The molecule has 1 heterocycles. The first-order chi connectivity index (χ1) is 8.99. The summed E-state index contributed by atoms with van der Waals surface area (Å²) in [7, 11) is 0. The minimum atomic E-state index is -1.09. The van der Waals surface area contributed by atoms with Gasteiger partial charge in [-0.1, -0.05) is 29.8 Å². The van der Waals surface area contributed by atoms with Crippen molar-refractivity contribution in [3.8, 4) is 11.3 Å². The van der Waals surface area contributed by atoms with Crippen LogP contribution in [-0.4, -0.2) is 20.9 Å². The van der Waals surface area contributed by atoms with Crippen LogP contribution in [-0.2, 0) is 4.79 Å². The summed E-state index contributed by atoms with van der Waals surface area (Å²) in [6.45, 7) is 3.40. The lowest BCUT2D eigenvalue weighted by Crippen LogP contribution is -2.29. The molecule has 19 heavy (non-hydrogen) atoms. The minimum absolute atomic E-state index is 0.425. The van der Waals surface area contributed by atoms with Crippen molar-refractivity contribution >= 4 is 5.97 Å². The molecule has 98 valence electrons. The number of hydrogen-bond acceptors (Lipinski definition) is 3. The molecule has 0 saturated carbocycles. The predicted octanol–water partition coefficient (Wildman–Crippen LogP) is 1.86. The molecule has 5 heteroatoms. The molecule has 0 aliphatic rings. The Balaban J connectivity index is 2.49. The van der Waals surface area contributed by atoms with E-state index in [4.69, 9.17) is 5.11 Å². The predicted molar refractivity (Wildman–Crippen MR) is 71.0 cm³/mol. The molecule has 0 fully saturated rings. The van der Waals surface area contributed by atoms with Crippen molar-refractivity contribution in [1.29, 1.82) is 0 Å². The molecular weight excluding hydrogens is 244 g/mol. The van der Waals surface area contributed by atoms with E-state index in [1.807, 2.05) is 31.2 Å². The zero-order valence-electron chi connectivity index (χ0n) is 10.7. The van der Waals surface area contributed by atoms with Crippen molar-refractivity contribution in [1.82, 2.24) is 9.78 Å². The third kappa shape index (κ3) is 2.70. The normalized spacial score (nSPS) is 12.1. The largest absolute Gasteiger partial charge is 0.480 e. The second kappa shape index (κ2) is 5.06. The topological polar surface area (TPSA) is 72.2 Å². The van der Waals surface area contributed by atoms with Gasteiger partial charge in [-0.05, 0) is 19.9 Å². The van der Waals surface area contributed by atoms with Crippen LogP contribution in [0.3, 0.4) is 0 Å². The lowest BCUT2D eigenvalue weighted by atomic mass is 10.1. The van der Waals surface area contributed by atoms with Crippen LogP contribution < -0.4 is 5.56 Å². The first kappa shape index (κ1) is 13.0. The van der Waals surface area contributed by atoms with E-state index in [0.717, 1.165) is 15.8 Å². The van der Waals surface area contributed by atoms with Gasteiger partial charge in [0, 0.05) is 11.6 Å². The van der Waals surface area contributed by atoms with Crippen LogP contribution in [0.1, 0.15) is 18.5 Å². The summed E-state index contributed by atoms with van der Waals surface area (Å²) < 4.78 is 0.984. The Morgan fingerprint density at radius 2 is 1.84 bits per heavy atom. The van der Waals surface area contributed by atoms with Gasteiger partial charge in [0.25, 0.3) is 5.56 Å². The standard InChI is InChI=1S/C14H14N2O3/c1-9-3-5-11(6-4-9)12-7-8-13(17)16(15-12)10(2)14(18)19/h3-8,10H,1-2H3,(H,18,19)/t10-/m1/s1. The van der Waals surface area contributed by atoms with E-state index < -0.39 is 17.6 Å². The van der Waals surface area contributed by atoms with Crippen molar-refractivity contribution in [3.05, 3.63) is 52.3 Å². The minimum Gasteiger partial charge on any atom is -0.480 e. The number of carboxylic acid groups (broad SMARTS) is 1. The average Bonchev–Trinajstić information content (AvgIpc) is 2.39. The molecular formula is C14H14N2O3. The summed E-state index contributed by atoms with van der Waals surface area (Å²) in [4.78, 5) is 22.6. The Kier molecular flexibility index (Phi) is 3.46. The number of hydrogen-bond donors (Lipinski definition) is 1. The van der Waals surface area contributed by atoms with Crippen LogP contribution in [0, 0.1) is 6.92 Å². The van der Waals surface area contributed by atoms with Gasteiger partial charge < -0.3 is 5.11 Å². The lowest BCUT2D eigenvalue weighted by molar-refractivity contribution is -0.140. The van der Waals surface area contributed by atoms with Crippen molar-refractivity contribution < 1.29 is 9.90 Å².